The molecule has 0 bridgehead atoms. The molecule has 1 N–H and O–H groups in total. The number of thioether (sulfide) groups is 1. The Hall–Kier alpha value is -3.17. The van der Waals surface area contributed by atoms with Crippen LogP contribution in [0.1, 0.15) is 40.8 Å². The minimum atomic E-state index is -0.121. The molecule has 1 amide bonds. The van der Waals surface area contributed by atoms with Crippen LogP contribution in [0.25, 0.3) is 17.1 Å². The van der Waals surface area contributed by atoms with E-state index in [4.69, 9.17) is 4.74 Å². The van der Waals surface area contributed by atoms with Crippen LogP contribution in [-0.2, 0) is 5.75 Å². The van der Waals surface area contributed by atoms with Crippen molar-refractivity contribution in [3.8, 4) is 22.8 Å². The van der Waals surface area contributed by atoms with E-state index in [-0.39, 0.29) is 5.91 Å². The highest BCUT2D eigenvalue weighted by Gasteiger charge is 2.18. The summed E-state index contributed by atoms with van der Waals surface area (Å²) in [5.74, 6) is 1.97. The van der Waals surface area contributed by atoms with Gasteiger partial charge in [0.1, 0.15) is 16.5 Å². The SMILES string of the molecule is CCCCNC(=O)c1csc(CSc2nnc(-c3cccc(OC)c3)n2-c2ccc(C)cc2)n1. The topological polar surface area (TPSA) is 81.9 Å². The Balaban J connectivity index is 1.58. The van der Waals surface area contributed by atoms with Crippen molar-refractivity contribution in [2.24, 2.45) is 0 Å². The van der Waals surface area contributed by atoms with Gasteiger partial charge in [-0.2, -0.15) is 0 Å². The Morgan fingerprint density at radius 2 is 2.00 bits per heavy atom. The predicted molar refractivity (Wildman–Crippen MR) is 137 cm³/mol. The van der Waals surface area contributed by atoms with E-state index in [1.54, 1.807) is 18.9 Å². The zero-order valence-corrected chi connectivity index (χ0v) is 21.1. The van der Waals surface area contributed by atoms with Crippen molar-refractivity contribution in [2.45, 2.75) is 37.6 Å². The van der Waals surface area contributed by atoms with Gasteiger partial charge in [-0.25, -0.2) is 4.98 Å². The van der Waals surface area contributed by atoms with Gasteiger partial charge in [-0.3, -0.25) is 9.36 Å². The highest BCUT2D eigenvalue weighted by Crippen LogP contribution is 2.31. The number of carbonyl (C=O) groups is 1. The summed E-state index contributed by atoms with van der Waals surface area (Å²) in [5.41, 5.74) is 3.54. The van der Waals surface area contributed by atoms with Gasteiger partial charge in [0.25, 0.3) is 5.91 Å². The molecule has 0 aliphatic heterocycles. The third-order valence-electron chi connectivity index (χ3n) is 5.18. The Morgan fingerprint density at radius 3 is 2.76 bits per heavy atom. The molecule has 4 rings (SSSR count). The molecule has 4 aromatic rings. The summed E-state index contributed by atoms with van der Waals surface area (Å²) in [6.07, 6.45) is 2.00. The molecule has 0 fully saturated rings. The lowest BCUT2D eigenvalue weighted by atomic mass is 10.2. The summed E-state index contributed by atoms with van der Waals surface area (Å²) in [5, 5.41) is 15.3. The maximum Gasteiger partial charge on any atom is 0.270 e. The Labute approximate surface area is 207 Å². The van der Waals surface area contributed by atoms with Crippen molar-refractivity contribution < 1.29 is 9.53 Å². The number of rotatable bonds is 10. The fraction of sp³-hybridized carbons (Fsp3) is 0.280. The molecule has 0 unspecified atom stereocenters. The summed E-state index contributed by atoms with van der Waals surface area (Å²) >= 11 is 3.03. The lowest BCUT2D eigenvalue weighted by Crippen LogP contribution is -2.24. The second-order valence-electron chi connectivity index (χ2n) is 7.73. The lowest BCUT2D eigenvalue weighted by Gasteiger charge is -2.11. The van der Waals surface area contributed by atoms with Crippen LogP contribution in [0.4, 0.5) is 0 Å². The summed E-state index contributed by atoms with van der Waals surface area (Å²) in [6.45, 7) is 4.83. The summed E-state index contributed by atoms with van der Waals surface area (Å²) in [4.78, 5) is 16.8. The quantitative estimate of drug-likeness (QED) is 0.231. The maximum atomic E-state index is 12.3. The number of unbranched alkanes of at least 4 members (excludes halogenated alkanes) is 1. The molecular weight excluding hydrogens is 466 g/mol. The van der Waals surface area contributed by atoms with Gasteiger partial charge < -0.3 is 10.1 Å². The normalized spacial score (nSPS) is 10.9. The van der Waals surface area contributed by atoms with E-state index < -0.39 is 0 Å². The van der Waals surface area contributed by atoms with Gasteiger partial charge in [-0.05, 0) is 37.6 Å². The molecule has 2 heterocycles. The first-order valence-corrected chi connectivity index (χ1v) is 13.0. The largest absolute Gasteiger partial charge is 0.497 e. The zero-order valence-electron chi connectivity index (χ0n) is 19.4. The van der Waals surface area contributed by atoms with Gasteiger partial charge in [0.15, 0.2) is 11.0 Å². The van der Waals surface area contributed by atoms with Gasteiger partial charge in [0, 0.05) is 23.2 Å². The zero-order chi connectivity index (χ0) is 23.9. The number of hydrogen-bond acceptors (Lipinski definition) is 7. The molecule has 0 atom stereocenters. The molecule has 2 aromatic heterocycles. The number of methoxy groups -OCH3 is 1. The average Bonchev–Trinajstić information content (AvgIpc) is 3.51. The molecule has 0 spiro atoms. The molecule has 0 saturated heterocycles. The van der Waals surface area contributed by atoms with Crippen LogP contribution < -0.4 is 10.1 Å². The number of aromatic nitrogens is 4. The van der Waals surface area contributed by atoms with E-state index in [2.05, 4.69) is 58.6 Å². The monoisotopic (exact) mass is 493 g/mol. The summed E-state index contributed by atoms with van der Waals surface area (Å²) in [6, 6.07) is 16.1. The van der Waals surface area contributed by atoms with Crippen LogP contribution in [0, 0.1) is 6.92 Å². The second-order valence-corrected chi connectivity index (χ2v) is 9.62. The molecule has 0 saturated carbocycles. The third-order valence-corrected chi connectivity index (χ3v) is 7.15. The number of thiazole rings is 1. The van der Waals surface area contributed by atoms with Crippen molar-refractivity contribution in [1.82, 2.24) is 25.1 Å². The van der Waals surface area contributed by atoms with Gasteiger partial charge in [0.05, 0.1) is 12.9 Å². The first kappa shape index (κ1) is 24.0. The van der Waals surface area contributed by atoms with Crippen molar-refractivity contribution in [1.29, 1.82) is 0 Å². The molecule has 2 aromatic carbocycles. The lowest BCUT2D eigenvalue weighted by molar-refractivity contribution is 0.0948. The number of nitrogens with one attached hydrogen (secondary N) is 1. The maximum absolute atomic E-state index is 12.3. The highest BCUT2D eigenvalue weighted by molar-refractivity contribution is 7.98. The van der Waals surface area contributed by atoms with Crippen LogP contribution in [0.2, 0.25) is 0 Å². The van der Waals surface area contributed by atoms with E-state index in [1.807, 2.05) is 34.2 Å². The van der Waals surface area contributed by atoms with Gasteiger partial charge >= 0.3 is 0 Å². The summed E-state index contributed by atoms with van der Waals surface area (Å²) in [7, 11) is 1.65. The number of carbonyl (C=O) groups excluding carboxylic acids is 1. The molecule has 34 heavy (non-hydrogen) atoms. The van der Waals surface area contributed by atoms with E-state index >= 15 is 0 Å². The number of nitrogens with zero attached hydrogens (tertiary/aromatic N) is 4. The number of aryl methyl sites for hydroxylation is 1. The molecule has 7 nitrogen and oxygen atoms in total. The van der Waals surface area contributed by atoms with Gasteiger partial charge in [0.2, 0.25) is 0 Å². The fourth-order valence-corrected chi connectivity index (χ4v) is 5.06. The minimum absolute atomic E-state index is 0.121. The second kappa shape index (κ2) is 11.3. The molecule has 0 radical (unpaired) electrons. The van der Waals surface area contributed by atoms with Crippen LogP contribution >= 0.6 is 23.1 Å². The van der Waals surface area contributed by atoms with Gasteiger partial charge in [-0.15, -0.1) is 21.5 Å². The van der Waals surface area contributed by atoms with E-state index in [0.717, 1.165) is 45.8 Å². The molecular formula is C25H27N5O2S2. The fourth-order valence-electron chi connectivity index (χ4n) is 3.32. The Kier molecular flexibility index (Phi) is 7.97. The van der Waals surface area contributed by atoms with Crippen LogP contribution in [-0.4, -0.2) is 39.3 Å². The van der Waals surface area contributed by atoms with Crippen LogP contribution in [0.15, 0.2) is 59.1 Å². The van der Waals surface area contributed by atoms with Crippen LogP contribution in [0.3, 0.4) is 0 Å². The standard InChI is InChI=1S/C25H27N5O2S2/c1-4-5-13-26-24(31)21-15-33-22(27-21)16-34-25-29-28-23(18-7-6-8-20(14-18)32-3)30(25)19-11-9-17(2)10-12-19/h6-12,14-15H,4-5,13,16H2,1-3H3,(H,26,31). The Bertz CT molecular complexity index is 1250. The third kappa shape index (κ3) is 5.66. The van der Waals surface area contributed by atoms with Crippen molar-refractivity contribution >= 4 is 29.0 Å². The van der Waals surface area contributed by atoms with E-state index in [1.165, 1.54) is 16.9 Å². The number of benzene rings is 2. The molecule has 176 valence electrons. The van der Waals surface area contributed by atoms with Gasteiger partial charge in [-0.1, -0.05) is 54.9 Å². The molecule has 0 aliphatic rings. The highest BCUT2D eigenvalue weighted by atomic mass is 32.2. The first-order chi connectivity index (χ1) is 16.6. The number of amides is 1. The van der Waals surface area contributed by atoms with Crippen molar-refractivity contribution in [3.05, 3.63) is 70.2 Å². The molecule has 9 heteroatoms. The first-order valence-electron chi connectivity index (χ1n) is 11.1. The van der Waals surface area contributed by atoms with E-state index in [0.29, 0.717) is 18.0 Å². The Morgan fingerprint density at radius 1 is 1.18 bits per heavy atom. The summed E-state index contributed by atoms with van der Waals surface area (Å²) < 4.78 is 7.45. The average molecular weight is 494 g/mol. The smallest absolute Gasteiger partial charge is 0.270 e. The van der Waals surface area contributed by atoms with Crippen LogP contribution in [0.5, 0.6) is 5.75 Å². The molecule has 0 aliphatic carbocycles. The number of ether oxygens (including phenoxy) is 1. The number of hydrogen-bond donors (Lipinski definition) is 1. The van der Waals surface area contributed by atoms with Crippen molar-refractivity contribution in [2.75, 3.05) is 13.7 Å². The predicted octanol–water partition coefficient (Wildman–Crippen LogP) is 5.53. The van der Waals surface area contributed by atoms with Crippen molar-refractivity contribution in [3.63, 3.8) is 0 Å². The minimum Gasteiger partial charge on any atom is -0.497 e. The van der Waals surface area contributed by atoms with E-state index in [9.17, 15) is 4.79 Å².